The summed E-state index contributed by atoms with van der Waals surface area (Å²) in [7, 11) is 3.73. The predicted molar refractivity (Wildman–Crippen MR) is 115 cm³/mol. The molecule has 2 heterocycles. The van der Waals surface area contributed by atoms with Crippen LogP contribution in [-0.2, 0) is 24.4 Å². The summed E-state index contributed by atoms with van der Waals surface area (Å²) in [6.45, 7) is 7.41. The summed E-state index contributed by atoms with van der Waals surface area (Å²) in [6, 6.07) is 7.78. The zero-order valence-electron chi connectivity index (χ0n) is 19.1. The van der Waals surface area contributed by atoms with Crippen molar-refractivity contribution in [2.75, 3.05) is 20.7 Å². The third-order valence-electron chi connectivity index (χ3n) is 5.35. The number of aromatic nitrogens is 2. The second kappa shape index (κ2) is 11.2. The van der Waals surface area contributed by atoms with Crippen LogP contribution in [0.3, 0.4) is 0 Å². The van der Waals surface area contributed by atoms with E-state index in [-0.39, 0.29) is 5.91 Å². The first kappa shape index (κ1) is 26.2. The van der Waals surface area contributed by atoms with Crippen LogP contribution in [0.2, 0.25) is 0 Å². The second-order valence-electron chi connectivity index (χ2n) is 7.95. The maximum atomic E-state index is 13.0. The maximum Gasteiger partial charge on any atom is 0.490 e. The Morgan fingerprint density at radius 2 is 1.82 bits per heavy atom. The lowest BCUT2D eigenvalue weighted by molar-refractivity contribution is -0.192. The SMILES string of the molecule is COc1ccc(C(=O)N2CCCn3cnc(CN(C)C(C)C)c3C2)cc1.O=C(O)C(F)(F)F. The molecule has 182 valence electrons. The van der Waals surface area contributed by atoms with E-state index in [0.29, 0.717) is 18.2 Å². The Morgan fingerprint density at radius 1 is 1.21 bits per heavy atom. The third-order valence-corrected chi connectivity index (χ3v) is 5.35. The van der Waals surface area contributed by atoms with Crippen molar-refractivity contribution in [1.29, 1.82) is 0 Å². The number of benzene rings is 1. The first-order valence-electron chi connectivity index (χ1n) is 10.4. The van der Waals surface area contributed by atoms with E-state index in [2.05, 4.69) is 35.3 Å². The van der Waals surface area contributed by atoms with Crippen molar-refractivity contribution in [2.24, 2.45) is 0 Å². The van der Waals surface area contributed by atoms with Crippen LogP contribution in [0.25, 0.3) is 0 Å². The number of amides is 1. The number of carboxylic acids is 1. The number of hydrogen-bond acceptors (Lipinski definition) is 5. The topological polar surface area (TPSA) is 87.9 Å². The fraction of sp³-hybridized carbons (Fsp3) is 0.500. The van der Waals surface area contributed by atoms with Crippen molar-refractivity contribution >= 4 is 11.9 Å². The number of methoxy groups -OCH3 is 1. The summed E-state index contributed by atoms with van der Waals surface area (Å²) in [5.41, 5.74) is 2.91. The van der Waals surface area contributed by atoms with Gasteiger partial charge in [-0.2, -0.15) is 13.2 Å². The Hall–Kier alpha value is -3.08. The summed E-state index contributed by atoms with van der Waals surface area (Å²) in [5.74, 6) is -1.94. The number of imidazole rings is 1. The van der Waals surface area contributed by atoms with Gasteiger partial charge in [0.15, 0.2) is 0 Å². The molecule has 3 rings (SSSR count). The van der Waals surface area contributed by atoms with E-state index >= 15 is 0 Å². The van der Waals surface area contributed by atoms with Gasteiger partial charge in [0, 0.05) is 31.2 Å². The summed E-state index contributed by atoms with van der Waals surface area (Å²) < 4.78 is 39.1. The molecular weight excluding hydrogens is 441 g/mol. The molecule has 0 atom stereocenters. The predicted octanol–water partition coefficient (Wildman–Crippen LogP) is 3.41. The summed E-state index contributed by atoms with van der Waals surface area (Å²) in [6.07, 6.45) is -2.23. The van der Waals surface area contributed by atoms with Gasteiger partial charge in [0.1, 0.15) is 5.75 Å². The van der Waals surface area contributed by atoms with Gasteiger partial charge in [-0.25, -0.2) is 9.78 Å². The molecule has 0 spiro atoms. The first-order chi connectivity index (χ1) is 15.4. The molecule has 1 aliphatic heterocycles. The van der Waals surface area contributed by atoms with E-state index in [1.54, 1.807) is 7.11 Å². The number of carbonyl (C=O) groups excluding carboxylic acids is 1. The van der Waals surface area contributed by atoms with Crippen LogP contribution in [0, 0.1) is 0 Å². The number of rotatable bonds is 5. The molecule has 2 aromatic rings. The van der Waals surface area contributed by atoms with Crippen molar-refractivity contribution in [3.8, 4) is 5.75 Å². The highest BCUT2D eigenvalue weighted by Crippen LogP contribution is 2.21. The highest BCUT2D eigenvalue weighted by molar-refractivity contribution is 5.94. The Kier molecular flexibility index (Phi) is 8.86. The number of fused-ring (bicyclic) bond motifs is 1. The molecule has 0 unspecified atom stereocenters. The van der Waals surface area contributed by atoms with Crippen LogP contribution in [0.1, 0.15) is 42.0 Å². The number of carboxylic acid groups (broad SMARTS) is 1. The zero-order valence-corrected chi connectivity index (χ0v) is 19.1. The molecule has 1 N–H and O–H groups in total. The molecule has 1 aliphatic rings. The van der Waals surface area contributed by atoms with Crippen molar-refractivity contribution < 1.29 is 32.6 Å². The number of nitrogens with zero attached hydrogens (tertiary/aromatic N) is 4. The minimum Gasteiger partial charge on any atom is -0.497 e. The van der Waals surface area contributed by atoms with Gasteiger partial charge >= 0.3 is 12.1 Å². The van der Waals surface area contributed by atoms with Crippen LogP contribution >= 0.6 is 0 Å². The molecule has 1 aromatic carbocycles. The highest BCUT2D eigenvalue weighted by Gasteiger charge is 2.38. The molecule has 0 radical (unpaired) electrons. The van der Waals surface area contributed by atoms with Crippen molar-refractivity contribution in [2.45, 2.75) is 52.1 Å². The Balaban J connectivity index is 0.000000479. The quantitative estimate of drug-likeness (QED) is 0.721. The smallest absolute Gasteiger partial charge is 0.490 e. The molecular formula is C22H29F3N4O4. The summed E-state index contributed by atoms with van der Waals surface area (Å²) in [5, 5.41) is 7.12. The van der Waals surface area contributed by atoms with Gasteiger partial charge in [0.25, 0.3) is 5.91 Å². The fourth-order valence-electron chi connectivity index (χ4n) is 3.16. The molecule has 0 fully saturated rings. The van der Waals surface area contributed by atoms with E-state index < -0.39 is 12.1 Å². The first-order valence-corrected chi connectivity index (χ1v) is 10.4. The maximum absolute atomic E-state index is 13.0. The molecule has 0 bridgehead atoms. The minimum absolute atomic E-state index is 0.0606. The van der Waals surface area contributed by atoms with Gasteiger partial charge in [-0.1, -0.05) is 0 Å². The molecule has 11 heteroatoms. The van der Waals surface area contributed by atoms with Gasteiger partial charge < -0.3 is 19.3 Å². The minimum atomic E-state index is -5.08. The zero-order chi connectivity index (χ0) is 24.8. The van der Waals surface area contributed by atoms with Crippen LogP contribution in [0.15, 0.2) is 30.6 Å². The lowest BCUT2D eigenvalue weighted by Gasteiger charge is -2.23. The van der Waals surface area contributed by atoms with E-state index in [4.69, 9.17) is 14.6 Å². The average molecular weight is 470 g/mol. The molecule has 1 amide bonds. The van der Waals surface area contributed by atoms with Crippen LogP contribution < -0.4 is 4.74 Å². The number of carbonyl (C=O) groups is 2. The van der Waals surface area contributed by atoms with Crippen molar-refractivity contribution in [1.82, 2.24) is 19.4 Å². The fourth-order valence-corrected chi connectivity index (χ4v) is 3.16. The number of alkyl halides is 3. The number of aryl methyl sites for hydroxylation is 1. The number of aliphatic carboxylic acids is 1. The second-order valence-corrected chi connectivity index (χ2v) is 7.95. The third kappa shape index (κ3) is 7.21. The molecule has 1 aromatic heterocycles. The monoisotopic (exact) mass is 470 g/mol. The van der Waals surface area contributed by atoms with E-state index in [1.165, 1.54) is 0 Å². The standard InChI is InChI=1S/C20H28N4O2.C2HF3O2/c1-15(2)22(3)12-18-19-13-23(10-5-11-24(19)14-21-18)20(25)16-6-8-17(26-4)9-7-16;3-2(4,5)1(6)7/h6-9,14-15H,5,10-13H2,1-4H3;(H,6,7). The van der Waals surface area contributed by atoms with E-state index in [0.717, 1.165) is 43.2 Å². The number of hydrogen-bond donors (Lipinski definition) is 1. The van der Waals surface area contributed by atoms with Crippen LogP contribution in [0.5, 0.6) is 5.75 Å². The number of halogens is 3. The molecule has 33 heavy (non-hydrogen) atoms. The number of ether oxygens (including phenoxy) is 1. The summed E-state index contributed by atoms with van der Waals surface area (Å²) >= 11 is 0. The molecule has 0 saturated carbocycles. The van der Waals surface area contributed by atoms with E-state index in [9.17, 15) is 18.0 Å². The molecule has 0 aliphatic carbocycles. The lowest BCUT2D eigenvalue weighted by atomic mass is 10.1. The largest absolute Gasteiger partial charge is 0.497 e. The van der Waals surface area contributed by atoms with Crippen LogP contribution in [0.4, 0.5) is 13.2 Å². The normalized spacial score (nSPS) is 13.8. The van der Waals surface area contributed by atoms with Crippen molar-refractivity contribution in [3.05, 3.63) is 47.5 Å². The van der Waals surface area contributed by atoms with Gasteiger partial charge in [-0.05, 0) is 51.6 Å². The van der Waals surface area contributed by atoms with Gasteiger partial charge in [0.2, 0.25) is 0 Å². The van der Waals surface area contributed by atoms with E-state index in [1.807, 2.05) is 35.5 Å². The highest BCUT2D eigenvalue weighted by atomic mass is 19.4. The Bertz CT molecular complexity index is 942. The van der Waals surface area contributed by atoms with Gasteiger partial charge in [-0.3, -0.25) is 9.69 Å². The average Bonchev–Trinajstić information content (AvgIpc) is 3.00. The van der Waals surface area contributed by atoms with Crippen LogP contribution in [-0.4, -0.2) is 69.3 Å². The Morgan fingerprint density at radius 3 is 2.33 bits per heavy atom. The van der Waals surface area contributed by atoms with Gasteiger partial charge in [0.05, 0.1) is 31.4 Å². The molecule has 8 nitrogen and oxygen atoms in total. The lowest BCUT2D eigenvalue weighted by Crippen LogP contribution is -2.32. The van der Waals surface area contributed by atoms with Crippen molar-refractivity contribution in [3.63, 3.8) is 0 Å². The Labute approximate surface area is 190 Å². The summed E-state index contributed by atoms with van der Waals surface area (Å²) in [4.78, 5) is 30.7. The van der Waals surface area contributed by atoms with Gasteiger partial charge in [-0.15, -0.1) is 0 Å². The molecule has 0 saturated heterocycles.